The summed E-state index contributed by atoms with van der Waals surface area (Å²) in [5.41, 5.74) is 1.36. The molecule has 0 atom stereocenters. The lowest BCUT2D eigenvalue weighted by Gasteiger charge is -2.35. The van der Waals surface area contributed by atoms with Crippen molar-refractivity contribution in [3.63, 3.8) is 0 Å². The number of rotatable bonds is 3. The molecule has 0 radical (unpaired) electrons. The summed E-state index contributed by atoms with van der Waals surface area (Å²) in [6.45, 7) is 4.92. The summed E-state index contributed by atoms with van der Waals surface area (Å²) in [4.78, 5) is 13.0. The predicted octanol–water partition coefficient (Wildman–Crippen LogP) is 3.21. The van der Waals surface area contributed by atoms with Crippen molar-refractivity contribution in [3.05, 3.63) is 51.8 Å². The van der Waals surface area contributed by atoms with Crippen LogP contribution in [-0.4, -0.2) is 41.0 Å². The van der Waals surface area contributed by atoms with Gasteiger partial charge in [-0.15, -0.1) is 0 Å². The van der Waals surface area contributed by atoms with E-state index in [2.05, 4.69) is 66.0 Å². The van der Waals surface area contributed by atoms with Gasteiger partial charge in [-0.1, -0.05) is 30.3 Å². The Balaban J connectivity index is 1.61. The second kappa shape index (κ2) is 6.73. The van der Waals surface area contributed by atoms with Crippen molar-refractivity contribution >= 4 is 33.3 Å². The largest absolute Gasteiger partial charge is 0.353 e. The van der Waals surface area contributed by atoms with Crippen LogP contribution in [-0.2, 0) is 6.54 Å². The summed E-state index contributed by atoms with van der Waals surface area (Å²) in [5.74, 6) is 0.884. The molecule has 2 heterocycles. The third kappa shape index (κ3) is 3.73. The van der Waals surface area contributed by atoms with Crippen LogP contribution in [0.1, 0.15) is 5.56 Å². The van der Waals surface area contributed by atoms with Gasteiger partial charge < -0.3 is 4.90 Å². The molecule has 110 valence electrons. The molecule has 0 N–H and O–H groups in total. The zero-order chi connectivity index (χ0) is 14.7. The summed E-state index contributed by atoms with van der Waals surface area (Å²) < 4.78 is 0.892. The van der Waals surface area contributed by atoms with Gasteiger partial charge in [0.2, 0.25) is 5.28 Å². The molecule has 0 saturated carbocycles. The molecule has 0 bridgehead atoms. The summed E-state index contributed by atoms with van der Waals surface area (Å²) in [5, 5.41) is 0.292. The topological polar surface area (TPSA) is 32.3 Å². The molecular weight excluding hydrogens is 352 g/mol. The minimum atomic E-state index is 0.292. The quantitative estimate of drug-likeness (QED) is 0.780. The molecule has 6 heteroatoms. The van der Waals surface area contributed by atoms with Gasteiger partial charge in [-0.2, -0.15) is 4.98 Å². The standard InChI is InChI=1S/C15H16BrClN4/c16-13-10-18-15(17)19-14(13)21-8-6-20(7-9-21)11-12-4-2-1-3-5-12/h1-5,10H,6-9,11H2. The SMILES string of the molecule is Clc1ncc(Br)c(N2CCN(Cc3ccccc3)CC2)n1. The van der Waals surface area contributed by atoms with Crippen molar-refractivity contribution in [2.75, 3.05) is 31.1 Å². The van der Waals surface area contributed by atoms with E-state index in [1.807, 2.05) is 0 Å². The minimum absolute atomic E-state index is 0.292. The molecule has 1 aliphatic rings. The number of aromatic nitrogens is 2. The zero-order valence-electron chi connectivity index (χ0n) is 11.5. The Kier molecular flexibility index (Phi) is 4.73. The highest BCUT2D eigenvalue weighted by Gasteiger charge is 2.20. The molecule has 1 aliphatic heterocycles. The normalized spacial score (nSPS) is 16.2. The number of hydrogen-bond acceptors (Lipinski definition) is 4. The Morgan fingerprint density at radius 2 is 1.81 bits per heavy atom. The van der Waals surface area contributed by atoms with Crippen LogP contribution < -0.4 is 4.90 Å². The van der Waals surface area contributed by atoms with Crippen LogP contribution in [0.25, 0.3) is 0 Å². The Labute approximate surface area is 137 Å². The van der Waals surface area contributed by atoms with Crippen LogP contribution in [0, 0.1) is 0 Å². The van der Waals surface area contributed by atoms with E-state index in [9.17, 15) is 0 Å². The van der Waals surface area contributed by atoms with Crippen LogP contribution in [0.4, 0.5) is 5.82 Å². The number of hydrogen-bond donors (Lipinski definition) is 0. The highest BCUT2D eigenvalue weighted by atomic mass is 79.9. The van der Waals surface area contributed by atoms with Crippen LogP contribution in [0.5, 0.6) is 0 Å². The molecule has 0 unspecified atom stereocenters. The first-order valence-corrected chi connectivity index (χ1v) is 8.09. The first-order chi connectivity index (χ1) is 10.2. The van der Waals surface area contributed by atoms with E-state index in [0.717, 1.165) is 43.0 Å². The number of benzene rings is 1. The van der Waals surface area contributed by atoms with Crippen LogP contribution in [0.2, 0.25) is 5.28 Å². The number of halogens is 2. The maximum Gasteiger partial charge on any atom is 0.224 e. The Morgan fingerprint density at radius 3 is 2.52 bits per heavy atom. The second-order valence-corrected chi connectivity index (χ2v) is 6.25. The average molecular weight is 368 g/mol. The number of nitrogens with zero attached hydrogens (tertiary/aromatic N) is 4. The van der Waals surface area contributed by atoms with E-state index >= 15 is 0 Å². The van der Waals surface area contributed by atoms with Crippen LogP contribution in [0.15, 0.2) is 41.0 Å². The van der Waals surface area contributed by atoms with E-state index in [1.54, 1.807) is 6.20 Å². The predicted molar refractivity (Wildman–Crippen MR) is 88.7 cm³/mol. The highest BCUT2D eigenvalue weighted by Crippen LogP contribution is 2.25. The van der Waals surface area contributed by atoms with E-state index in [1.165, 1.54) is 5.56 Å². The fraction of sp³-hybridized carbons (Fsp3) is 0.333. The first-order valence-electron chi connectivity index (χ1n) is 6.91. The van der Waals surface area contributed by atoms with Crippen molar-refractivity contribution in [2.45, 2.75) is 6.54 Å². The number of anilines is 1. The molecule has 1 aromatic heterocycles. The van der Waals surface area contributed by atoms with E-state index in [4.69, 9.17) is 11.6 Å². The van der Waals surface area contributed by atoms with Gasteiger partial charge in [0.05, 0.1) is 4.47 Å². The van der Waals surface area contributed by atoms with Gasteiger partial charge in [-0.05, 0) is 33.1 Å². The smallest absolute Gasteiger partial charge is 0.224 e. The molecule has 1 aromatic carbocycles. The molecule has 4 nitrogen and oxygen atoms in total. The lowest BCUT2D eigenvalue weighted by atomic mass is 10.2. The monoisotopic (exact) mass is 366 g/mol. The van der Waals surface area contributed by atoms with Crippen LogP contribution >= 0.6 is 27.5 Å². The Morgan fingerprint density at radius 1 is 1.10 bits per heavy atom. The fourth-order valence-corrected chi connectivity index (χ4v) is 3.09. The Hall–Kier alpha value is -1.17. The van der Waals surface area contributed by atoms with Crippen molar-refractivity contribution < 1.29 is 0 Å². The summed E-state index contributed by atoms with van der Waals surface area (Å²) in [6.07, 6.45) is 1.71. The summed E-state index contributed by atoms with van der Waals surface area (Å²) in [6, 6.07) is 10.6. The maximum absolute atomic E-state index is 5.89. The molecule has 0 amide bonds. The summed E-state index contributed by atoms with van der Waals surface area (Å²) in [7, 11) is 0. The van der Waals surface area contributed by atoms with Crippen molar-refractivity contribution in [1.29, 1.82) is 0 Å². The van der Waals surface area contributed by atoms with Crippen molar-refractivity contribution in [1.82, 2.24) is 14.9 Å². The van der Waals surface area contributed by atoms with Gasteiger partial charge in [0, 0.05) is 38.9 Å². The molecule has 2 aromatic rings. The van der Waals surface area contributed by atoms with Gasteiger partial charge in [0.1, 0.15) is 5.82 Å². The van der Waals surface area contributed by atoms with Gasteiger partial charge in [-0.25, -0.2) is 4.98 Å². The van der Waals surface area contributed by atoms with Gasteiger partial charge in [-0.3, -0.25) is 4.90 Å². The van der Waals surface area contributed by atoms with E-state index in [0.29, 0.717) is 5.28 Å². The van der Waals surface area contributed by atoms with Crippen molar-refractivity contribution in [3.8, 4) is 0 Å². The second-order valence-electron chi connectivity index (χ2n) is 5.06. The summed E-state index contributed by atoms with van der Waals surface area (Å²) >= 11 is 9.39. The van der Waals surface area contributed by atoms with Gasteiger partial charge in [0.25, 0.3) is 0 Å². The molecule has 1 fully saturated rings. The maximum atomic E-state index is 5.89. The van der Waals surface area contributed by atoms with E-state index < -0.39 is 0 Å². The molecular formula is C15H16BrClN4. The molecule has 0 aliphatic carbocycles. The van der Waals surface area contributed by atoms with Crippen molar-refractivity contribution in [2.24, 2.45) is 0 Å². The molecule has 21 heavy (non-hydrogen) atoms. The minimum Gasteiger partial charge on any atom is -0.353 e. The van der Waals surface area contributed by atoms with Gasteiger partial charge >= 0.3 is 0 Å². The third-order valence-corrected chi connectivity index (χ3v) is 4.36. The number of piperazine rings is 1. The lowest BCUT2D eigenvalue weighted by Crippen LogP contribution is -2.46. The third-order valence-electron chi connectivity index (χ3n) is 3.62. The Bertz CT molecular complexity index is 600. The fourth-order valence-electron chi connectivity index (χ4n) is 2.52. The highest BCUT2D eigenvalue weighted by molar-refractivity contribution is 9.10. The zero-order valence-corrected chi connectivity index (χ0v) is 13.9. The first kappa shape index (κ1) is 14.8. The lowest BCUT2D eigenvalue weighted by molar-refractivity contribution is 0.249. The van der Waals surface area contributed by atoms with Gasteiger partial charge in [0.15, 0.2) is 0 Å². The molecule has 3 rings (SSSR count). The van der Waals surface area contributed by atoms with E-state index in [-0.39, 0.29) is 0 Å². The molecule has 1 saturated heterocycles. The molecule has 0 spiro atoms. The van der Waals surface area contributed by atoms with Crippen LogP contribution in [0.3, 0.4) is 0 Å². The average Bonchev–Trinajstić information content (AvgIpc) is 2.52.